The number of oxazole rings is 1. The van der Waals surface area contributed by atoms with Gasteiger partial charge in [-0.25, -0.2) is 4.79 Å². The molecule has 1 N–H and O–H groups in total. The largest absolute Gasteiger partial charge is 0.496 e. The van der Waals surface area contributed by atoms with E-state index in [0.717, 1.165) is 11.1 Å². The second-order valence-electron chi connectivity index (χ2n) is 6.34. The molecule has 0 spiro atoms. The summed E-state index contributed by atoms with van der Waals surface area (Å²) in [6.45, 7) is 0. The minimum atomic E-state index is -0.443. The number of carbonyl (C=O) groups is 1. The topological polar surface area (TPSA) is 73.5 Å². The maximum Gasteiger partial charge on any atom is 0.419 e. The number of rotatable bonds is 4. The smallest absolute Gasteiger partial charge is 0.419 e. The van der Waals surface area contributed by atoms with Gasteiger partial charge < -0.3 is 14.5 Å². The van der Waals surface area contributed by atoms with Crippen LogP contribution in [0.1, 0.15) is 10.4 Å². The van der Waals surface area contributed by atoms with Gasteiger partial charge in [-0.05, 0) is 35.9 Å². The molecule has 1 aromatic heterocycles. The summed E-state index contributed by atoms with van der Waals surface area (Å²) in [4.78, 5) is 24.4. The molecule has 0 fully saturated rings. The van der Waals surface area contributed by atoms with E-state index in [1.54, 1.807) is 50.6 Å². The molecule has 1 heterocycles. The van der Waals surface area contributed by atoms with E-state index in [4.69, 9.17) is 9.15 Å². The summed E-state index contributed by atoms with van der Waals surface area (Å²) in [5.74, 6) is -0.0196. The fourth-order valence-electron chi connectivity index (χ4n) is 3.11. The molecular weight excluding hydrogens is 356 g/mol. The van der Waals surface area contributed by atoms with Gasteiger partial charge in [-0.1, -0.05) is 30.3 Å². The van der Waals surface area contributed by atoms with Gasteiger partial charge in [-0.3, -0.25) is 9.36 Å². The number of aryl methyl sites for hydroxylation is 1. The van der Waals surface area contributed by atoms with Gasteiger partial charge in [0.05, 0.1) is 12.6 Å². The fourth-order valence-corrected chi connectivity index (χ4v) is 3.11. The van der Waals surface area contributed by atoms with Crippen LogP contribution >= 0.6 is 0 Å². The van der Waals surface area contributed by atoms with Crippen molar-refractivity contribution < 1.29 is 13.9 Å². The quantitative estimate of drug-likeness (QED) is 0.585. The van der Waals surface area contributed by atoms with E-state index in [0.29, 0.717) is 28.1 Å². The zero-order chi connectivity index (χ0) is 19.7. The van der Waals surface area contributed by atoms with E-state index in [1.807, 2.05) is 30.3 Å². The van der Waals surface area contributed by atoms with Crippen LogP contribution in [-0.2, 0) is 7.05 Å². The number of ether oxygens (including phenoxy) is 1. The summed E-state index contributed by atoms with van der Waals surface area (Å²) in [6.07, 6.45) is 0. The van der Waals surface area contributed by atoms with Gasteiger partial charge in [-0.2, -0.15) is 0 Å². The number of amides is 1. The van der Waals surface area contributed by atoms with E-state index in [9.17, 15) is 9.59 Å². The Hall–Kier alpha value is -3.80. The fraction of sp³-hybridized carbons (Fsp3) is 0.0909. The molecule has 6 nitrogen and oxygen atoms in total. The lowest BCUT2D eigenvalue weighted by Crippen LogP contribution is -2.12. The van der Waals surface area contributed by atoms with E-state index in [2.05, 4.69) is 5.32 Å². The Bertz CT molecular complexity index is 1220. The highest BCUT2D eigenvalue weighted by molar-refractivity contribution is 6.05. The first-order valence-electron chi connectivity index (χ1n) is 8.71. The summed E-state index contributed by atoms with van der Waals surface area (Å²) in [5.41, 5.74) is 3.92. The SMILES string of the molecule is COc1ccc(C(=O)Nc2ccc3c(c2)oc(=O)n3C)cc1-c1ccccc1. The molecule has 4 aromatic rings. The van der Waals surface area contributed by atoms with Gasteiger partial charge in [0.1, 0.15) is 5.75 Å². The molecule has 0 saturated heterocycles. The second-order valence-corrected chi connectivity index (χ2v) is 6.34. The van der Waals surface area contributed by atoms with E-state index >= 15 is 0 Å². The van der Waals surface area contributed by atoms with Gasteiger partial charge >= 0.3 is 5.76 Å². The third-order valence-electron chi connectivity index (χ3n) is 4.60. The minimum absolute atomic E-state index is 0.266. The van der Waals surface area contributed by atoms with Crippen LogP contribution in [0.2, 0.25) is 0 Å². The summed E-state index contributed by atoms with van der Waals surface area (Å²) >= 11 is 0. The number of hydrogen-bond acceptors (Lipinski definition) is 4. The molecule has 0 aliphatic carbocycles. The van der Waals surface area contributed by atoms with Gasteiger partial charge in [0.2, 0.25) is 0 Å². The molecule has 0 unspecified atom stereocenters. The van der Waals surface area contributed by atoms with Gasteiger partial charge in [0.15, 0.2) is 5.58 Å². The van der Waals surface area contributed by atoms with Crippen LogP contribution in [0.5, 0.6) is 5.75 Å². The monoisotopic (exact) mass is 374 g/mol. The van der Waals surface area contributed by atoms with E-state index in [-0.39, 0.29) is 5.91 Å². The summed E-state index contributed by atoms with van der Waals surface area (Å²) < 4.78 is 12.0. The highest BCUT2D eigenvalue weighted by atomic mass is 16.5. The number of fused-ring (bicyclic) bond motifs is 1. The number of anilines is 1. The number of methoxy groups -OCH3 is 1. The number of nitrogens with one attached hydrogen (secondary N) is 1. The normalized spacial score (nSPS) is 10.8. The molecule has 4 rings (SSSR count). The molecule has 140 valence electrons. The molecule has 1 amide bonds. The highest BCUT2D eigenvalue weighted by Gasteiger charge is 2.13. The second kappa shape index (κ2) is 7.08. The molecule has 0 aliphatic rings. The first kappa shape index (κ1) is 17.6. The van der Waals surface area contributed by atoms with Crippen LogP contribution in [0.3, 0.4) is 0 Å². The lowest BCUT2D eigenvalue weighted by atomic mass is 10.0. The predicted molar refractivity (Wildman–Crippen MR) is 108 cm³/mol. The molecular formula is C22H18N2O4. The van der Waals surface area contributed by atoms with E-state index < -0.39 is 5.76 Å². The highest BCUT2D eigenvalue weighted by Crippen LogP contribution is 2.31. The number of aromatic nitrogens is 1. The third kappa shape index (κ3) is 3.16. The minimum Gasteiger partial charge on any atom is -0.496 e. The molecule has 0 aliphatic heterocycles. The van der Waals surface area contributed by atoms with Crippen LogP contribution in [0.4, 0.5) is 5.69 Å². The summed E-state index contributed by atoms with van der Waals surface area (Å²) in [5, 5.41) is 2.84. The first-order chi connectivity index (χ1) is 13.6. The first-order valence-corrected chi connectivity index (χ1v) is 8.71. The van der Waals surface area contributed by atoms with Crippen molar-refractivity contribution in [1.29, 1.82) is 0 Å². The predicted octanol–water partition coefficient (Wildman–Crippen LogP) is 4.06. The molecule has 0 saturated carbocycles. The van der Waals surface area contributed by atoms with Crippen molar-refractivity contribution in [3.8, 4) is 16.9 Å². The van der Waals surface area contributed by atoms with Crippen molar-refractivity contribution in [2.24, 2.45) is 7.05 Å². The third-order valence-corrected chi connectivity index (χ3v) is 4.60. The standard InChI is InChI=1S/C22H18N2O4/c1-24-18-10-9-16(13-20(18)28-22(24)26)23-21(25)15-8-11-19(27-2)17(12-15)14-6-4-3-5-7-14/h3-13H,1-2H3,(H,23,25). The Labute approximate surface area is 161 Å². The van der Waals surface area contributed by atoms with Crippen LogP contribution in [0.15, 0.2) is 75.9 Å². The van der Waals surface area contributed by atoms with Crippen molar-refractivity contribution >= 4 is 22.7 Å². The Morgan fingerprint density at radius 3 is 2.57 bits per heavy atom. The van der Waals surface area contributed by atoms with E-state index in [1.165, 1.54) is 4.57 Å². The molecule has 0 atom stereocenters. The van der Waals surface area contributed by atoms with Gasteiger partial charge in [0.25, 0.3) is 5.91 Å². The Morgan fingerprint density at radius 1 is 1.04 bits per heavy atom. The van der Waals surface area contributed by atoms with Crippen molar-refractivity contribution in [1.82, 2.24) is 4.57 Å². The molecule has 0 bridgehead atoms. The lowest BCUT2D eigenvalue weighted by Gasteiger charge is -2.11. The zero-order valence-corrected chi connectivity index (χ0v) is 15.4. The average molecular weight is 374 g/mol. The summed E-state index contributed by atoms with van der Waals surface area (Å²) in [7, 11) is 3.24. The number of benzene rings is 3. The Kier molecular flexibility index (Phi) is 4.45. The average Bonchev–Trinajstić information content (AvgIpc) is 3.01. The molecule has 0 radical (unpaired) electrons. The maximum absolute atomic E-state index is 12.8. The Balaban J connectivity index is 1.66. The molecule has 28 heavy (non-hydrogen) atoms. The molecule has 6 heteroatoms. The lowest BCUT2D eigenvalue weighted by molar-refractivity contribution is 0.102. The van der Waals surface area contributed by atoms with Crippen LogP contribution in [-0.4, -0.2) is 17.6 Å². The van der Waals surface area contributed by atoms with Crippen molar-refractivity contribution in [3.05, 3.63) is 82.8 Å². The van der Waals surface area contributed by atoms with Crippen molar-refractivity contribution in [2.45, 2.75) is 0 Å². The van der Waals surface area contributed by atoms with Crippen LogP contribution in [0.25, 0.3) is 22.2 Å². The van der Waals surface area contributed by atoms with Crippen molar-refractivity contribution in [3.63, 3.8) is 0 Å². The number of carbonyl (C=O) groups excluding carboxylic acids is 1. The van der Waals surface area contributed by atoms with Gasteiger partial charge in [0, 0.05) is 29.9 Å². The number of nitrogens with zero attached hydrogens (tertiary/aromatic N) is 1. The van der Waals surface area contributed by atoms with Crippen molar-refractivity contribution in [2.75, 3.05) is 12.4 Å². The maximum atomic E-state index is 12.8. The number of hydrogen-bond donors (Lipinski definition) is 1. The zero-order valence-electron chi connectivity index (χ0n) is 15.4. The van der Waals surface area contributed by atoms with Crippen LogP contribution in [0, 0.1) is 0 Å². The van der Waals surface area contributed by atoms with Gasteiger partial charge in [-0.15, -0.1) is 0 Å². The summed E-state index contributed by atoms with van der Waals surface area (Å²) in [6, 6.07) is 20.1. The van der Waals surface area contributed by atoms with Crippen LogP contribution < -0.4 is 15.8 Å². The Morgan fingerprint density at radius 2 is 1.82 bits per heavy atom. The molecule has 3 aromatic carbocycles.